The lowest BCUT2D eigenvalue weighted by Crippen LogP contribution is -2.21. The van der Waals surface area contributed by atoms with Crippen molar-refractivity contribution in [3.05, 3.63) is 39.5 Å². The third kappa shape index (κ3) is 3.07. The lowest BCUT2D eigenvalue weighted by Gasteiger charge is -2.12. The van der Waals surface area contributed by atoms with E-state index < -0.39 is 0 Å². The van der Waals surface area contributed by atoms with Crippen LogP contribution in [0.1, 0.15) is 29.5 Å². The Hall–Kier alpha value is -1.50. The Labute approximate surface area is 132 Å². The summed E-state index contributed by atoms with van der Waals surface area (Å²) in [5.41, 5.74) is 7.99. The molecule has 4 nitrogen and oxygen atoms in total. The van der Waals surface area contributed by atoms with E-state index in [1.165, 1.54) is 9.75 Å². The van der Waals surface area contributed by atoms with Crippen LogP contribution in [0.5, 0.6) is 0 Å². The topological polar surface area (TPSA) is 63.8 Å². The summed E-state index contributed by atoms with van der Waals surface area (Å²) in [4.78, 5) is 2.57. The van der Waals surface area contributed by atoms with E-state index in [-0.39, 0.29) is 6.04 Å². The Balaban J connectivity index is 1.88. The Morgan fingerprint density at radius 1 is 1.38 bits per heavy atom. The molecule has 6 heteroatoms. The van der Waals surface area contributed by atoms with Crippen molar-refractivity contribution in [1.29, 1.82) is 0 Å². The minimum absolute atomic E-state index is 0.133. The van der Waals surface area contributed by atoms with E-state index in [1.54, 1.807) is 28.9 Å². The first-order chi connectivity index (χ1) is 10.1. The minimum Gasteiger partial charge on any atom is -0.378 e. The minimum atomic E-state index is 0.133. The molecule has 0 aliphatic carbocycles. The molecule has 2 unspecified atom stereocenters. The Kier molecular flexibility index (Phi) is 4.19. The lowest BCUT2D eigenvalue weighted by atomic mass is 10.0. The van der Waals surface area contributed by atoms with Gasteiger partial charge < -0.3 is 11.1 Å². The Bertz CT molecular complexity index is 718. The zero-order valence-electron chi connectivity index (χ0n) is 12.0. The van der Waals surface area contributed by atoms with Crippen molar-refractivity contribution in [1.82, 2.24) is 10.2 Å². The molecule has 0 amide bonds. The third-order valence-electron chi connectivity index (χ3n) is 3.60. The van der Waals surface area contributed by atoms with E-state index >= 15 is 0 Å². The zero-order valence-corrected chi connectivity index (χ0v) is 13.7. The van der Waals surface area contributed by atoms with Gasteiger partial charge in [-0.15, -0.1) is 27.8 Å². The number of rotatable bonds is 5. The van der Waals surface area contributed by atoms with Crippen molar-refractivity contribution in [3.63, 3.8) is 0 Å². The quantitative estimate of drug-likeness (QED) is 0.751. The fourth-order valence-electron chi connectivity index (χ4n) is 2.08. The number of hydrogen-bond acceptors (Lipinski definition) is 6. The first kappa shape index (κ1) is 14.4. The van der Waals surface area contributed by atoms with Crippen molar-refractivity contribution in [2.75, 3.05) is 5.32 Å². The van der Waals surface area contributed by atoms with Gasteiger partial charge in [-0.05, 0) is 24.4 Å². The maximum atomic E-state index is 6.01. The number of nitrogens with two attached hydrogens (primary N) is 1. The zero-order chi connectivity index (χ0) is 14.8. The monoisotopic (exact) mass is 318 g/mol. The number of nitrogens with one attached hydrogen (secondary N) is 1. The highest BCUT2D eigenvalue weighted by Gasteiger charge is 2.16. The molecule has 3 rings (SSSR count). The molecule has 110 valence electrons. The van der Waals surface area contributed by atoms with Gasteiger partial charge in [0.15, 0.2) is 0 Å². The maximum absolute atomic E-state index is 6.01. The summed E-state index contributed by atoms with van der Waals surface area (Å²) >= 11 is 3.51. The van der Waals surface area contributed by atoms with Crippen LogP contribution in [0, 0.1) is 0 Å². The summed E-state index contributed by atoms with van der Waals surface area (Å²) < 4.78 is 1.16. The van der Waals surface area contributed by atoms with Crippen molar-refractivity contribution in [2.45, 2.75) is 32.4 Å². The number of nitrogens with zero attached hydrogens (tertiary/aromatic N) is 2. The van der Waals surface area contributed by atoms with Crippen LogP contribution < -0.4 is 11.1 Å². The van der Waals surface area contributed by atoms with Crippen LogP contribution in [0.25, 0.3) is 10.2 Å². The van der Waals surface area contributed by atoms with Crippen LogP contribution in [0.15, 0.2) is 29.8 Å². The average molecular weight is 318 g/mol. The molecule has 3 aromatic rings. The van der Waals surface area contributed by atoms with Gasteiger partial charge in [-0.2, -0.15) is 5.10 Å². The third-order valence-corrected chi connectivity index (χ3v) is 5.83. The fraction of sp³-hybridized carbons (Fsp3) is 0.333. The first-order valence-electron chi connectivity index (χ1n) is 6.92. The van der Waals surface area contributed by atoms with Crippen LogP contribution in [-0.2, 0) is 6.54 Å². The molecule has 0 aromatic carbocycles. The predicted octanol–water partition coefficient (Wildman–Crippen LogP) is 3.82. The number of anilines is 1. The second kappa shape index (κ2) is 6.09. The summed E-state index contributed by atoms with van der Waals surface area (Å²) in [7, 11) is 0. The van der Waals surface area contributed by atoms with E-state index in [9.17, 15) is 0 Å². The van der Waals surface area contributed by atoms with Gasteiger partial charge in [0.2, 0.25) is 0 Å². The van der Waals surface area contributed by atoms with Crippen molar-refractivity contribution in [2.24, 2.45) is 5.73 Å². The molecule has 0 aliphatic rings. The average Bonchev–Trinajstić information content (AvgIpc) is 3.13. The summed E-state index contributed by atoms with van der Waals surface area (Å²) in [6, 6.07) is 6.43. The predicted molar refractivity (Wildman–Crippen MR) is 91.1 cm³/mol. The Morgan fingerprint density at radius 2 is 2.24 bits per heavy atom. The Morgan fingerprint density at radius 3 is 2.95 bits per heavy atom. The second-order valence-electron chi connectivity index (χ2n) is 5.20. The molecule has 0 fully saturated rings. The molecule has 0 spiro atoms. The molecule has 3 N–H and O–H groups in total. The van der Waals surface area contributed by atoms with Gasteiger partial charge in [0.05, 0.1) is 16.6 Å². The molecular weight excluding hydrogens is 300 g/mol. The van der Waals surface area contributed by atoms with Gasteiger partial charge >= 0.3 is 0 Å². The molecule has 0 bridgehead atoms. The number of aromatic nitrogens is 2. The molecular formula is C15H18N4S2. The van der Waals surface area contributed by atoms with Gasteiger partial charge in [0, 0.05) is 28.3 Å². The molecule has 3 aromatic heterocycles. The molecule has 3 heterocycles. The standard InChI is InChI=1S/C15H18N4S2/c1-9(10(2)16)14-6-12-15(21-14)13(8-18-19-12)17-7-11-4-3-5-20-11/h3-6,8-10H,7,16H2,1-2H3,(H,17,19). The van der Waals surface area contributed by atoms with Gasteiger partial charge in [0.25, 0.3) is 0 Å². The van der Waals surface area contributed by atoms with Crippen LogP contribution in [0.2, 0.25) is 0 Å². The highest BCUT2D eigenvalue weighted by molar-refractivity contribution is 7.19. The fourth-order valence-corrected chi connectivity index (χ4v) is 3.97. The molecule has 0 radical (unpaired) electrons. The number of thiophene rings is 2. The summed E-state index contributed by atoms with van der Waals surface area (Å²) in [6.07, 6.45) is 1.80. The summed E-state index contributed by atoms with van der Waals surface area (Å²) in [5.74, 6) is 0.328. The van der Waals surface area contributed by atoms with Crippen LogP contribution >= 0.6 is 22.7 Å². The van der Waals surface area contributed by atoms with Crippen molar-refractivity contribution in [3.8, 4) is 0 Å². The van der Waals surface area contributed by atoms with Gasteiger partial charge in [-0.1, -0.05) is 13.0 Å². The van der Waals surface area contributed by atoms with Gasteiger partial charge in [-0.3, -0.25) is 0 Å². The van der Waals surface area contributed by atoms with Crippen LogP contribution in [0.4, 0.5) is 5.69 Å². The lowest BCUT2D eigenvalue weighted by molar-refractivity contribution is 0.622. The van der Waals surface area contributed by atoms with E-state index in [2.05, 4.69) is 46.0 Å². The summed E-state index contributed by atoms with van der Waals surface area (Å²) in [6.45, 7) is 5.01. The summed E-state index contributed by atoms with van der Waals surface area (Å²) in [5, 5.41) is 13.9. The van der Waals surface area contributed by atoms with E-state index in [0.29, 0.717) is 5.92 Å². The second-order valence-corrected chi connectivity index (χ2v) is 7.32. The first-order valence-corrected chi connectivity index (χ1v) is 8.61. The maximum Gasteiger partial charge on any atom is 0.106 e. The van der Waals surface area contributed by atoms with Gasteiger partial charge in [-0.25, -0.2) is 0 Å². The molecule has 21 heavy (non-hydrogen) atoms. The normalized spacial score (nSPS) is 14.2. The van der Waals surface area contributed by atoms with E-state index in [1.807, 2.05) is 6.92 Å². The smallest absolute Gasteiger partial charge is 0.106 e. The molecule has 0 saturated carbocycles. The van der Waals surface area contributed by atoms with Crippen molar-refractivity contribution >= 4 is 38.6 Å². The van der Waals surface area contributed by atoms with Crippen LogP contribution in [0.3, 0.4) is 0 Å². The number of fused-ring (bicyclic) bond motifs is 1. The largest absolute Gasteiger partial charge is 0.378 e. The molecule has 0 aliphatic heterocycles. The highest BCUT2D eigenvalue weighted by atomic mass is 32.1. The molecule has 0 saturated heterocycles. The van der Waals surface area contributed by atoms with Gasteiger partial charge in [0.1, 0.15) is 5.52 Å². The highest BCUT2D eigenvalue weighted by Crippen LogP contribution is 2.34. The van der Waals surface area contributed by atoms with Crippen molar-refractivity contribution < 1.29 is 0 Å². The van der Waals surface area contributed by atoms with Crippen LogP contribution in [-0.4, -0.2) is 16.2 Å². The van der Waals surface area contributed by atoms with E-state index in [4.69, 9.17) is 5.73 Å². The number of hydrogen-bond donors (Lipinski definition) is 2. The van der Waals surface area contributed by atoms with E-state index in [0.717, 1.165) is 22.4 Å². The molecule has 2 atom stereocenters. The SMILES string of the molecule is CC(N)C(C)c1cc2nncc(NCc3cccs3)c2s1.